The number of rotatable bonds is 6. The van der Waals surface area contributed by atoms with Crippen LogP contribution in [0.3, 0.4) is 0 Å². The second kappa shape index (κ2) is 7.85. The van der Waals surface area contributed by atoms with Gasteiger partial charge in [0.2, 0.25) is 0 Å². The smallest absolute Gasteiger partial charge is 0.330 e. The molecule has 0 aromatic heterocycles. The molecule has 0 amide bonds. The lowest BCUT2D eigenvalue weighted by molar-refractivity contribution is -0.137. The van der Waals surface area contributed by atoms with Gasteiger partial charge in [0.25, 0.3) is 0 Å². The number of ether oxygens (including phenoxy) is 1. The molecule has 0 saturated carbocycles. The Balaban J connectivity index is 2.17. The lowest BCUT2D eigenvalue weighted by Crippen LogP contribution is -2.02. The van der Waals surface area contributed by atoms with E-state index in [0.717, 1.165) is 16.7 Å². The van der Waals surface area contributed by atoms with Gasteiger partial charge in [-0.15, -0.1) is 0 Å². The Kier molecular flexibility index (Phi) is 5.53. The Morgan fingerprint density at radius 2 is 1.62 bits per heavy atom. The Labute approximate surface area is 125 Å². The largest absolute Gasteiger partial charge is 0.462 e. The molecule has 0 atom stereocenters. The third-order valence-electron chi connectivity index (χ3n) is 3.07. The van der Waals surface area contributed by atoms with E-state index in [4.69, 9.17) is 4.74 Å². The van der Waals surface area contributed by atoms with Crippen molar-refractivity contribution in [2.45, 2.75) is 6.42 Å². The summed E-state index contributed by atoms with van der Waals surface area (Å²) in [5, 5.41) is 0. The van der Waals surface area contributed by atoms with Gasteiger partial charge in [-0.1, -0.05) is 73.3 Å². The highest BCUT2D eigenvalue weighted by Gasteiger charge is 2.03. The molecule has 2 rings (SSSR count). The van der Waals surface area contributed by atoms with Crippen LogP contribution in [0.25, 0.3) is 11.6 Å². The molecule has 0 bridgehead atoms. The minimum absolute atomic E-state index is 0.346. The third-order valence-corrected chi connectivity index (χ3v) is 3.07. The Morgan fingerprint density at radius 3 is 2.24 bits per heavy atom. The predicted octanol–water partition coefficient (Wildman–Crippen LogP) is 4.35. The predicted molar refractivity (Wildman–Crippen MR) is 86.5 cm³/mol. The molecular weight excluding hydrogens is 260 g/mol. The first kappa shape index (κ1) is 14.8. The lowest BCUT2D eigenvalue weighted by Gasteiger charge is -2.09. The molecule has 0 saturated heterocycles. The molecule has 0 heterocycles. The fourth-order valence-corrected chi connectivity index (χ4v) is 2.02. The van der Waals surface area contributed by atoms with E-state index in [1.54, 1.807) is 0 Å². The highest BCUT2D eigenvalue weighted by molar-refractivity contribution is 5.83. The van der Waals surface area contributed by atoms with Crippen LogP contribution in [-0.2, 0) is 9.53 Å². The van der Waals surface area contributed by atoms with Crippen LogP contribution in [0, 0.1) is 0 Å². The molecule has 2 aromatic rings. The molecule has 0 aliphatic heterocycles. The standard InChI is InChI=1S/C19H18O2/c1-2-19(20)21-14-13-18(17-11-7-4-8-12-17)15-16-9-5-3-6-10-16/h2-12,15H,1,13-14H2/b18-15+. The zero-order valence-electron chi connectivity index (χ0n) is 11.9. The lowest BCUT2D eigenvalue weighted by atomic mass is 10.0. The summed E-state index contributed by atoms with van der Waals surface area (Å²) in [7, 11) is 0. The zero-order valence-corrected chi connectivity index (χ0v) is 11.9. The minimum atomic E-state index is -0.387. The van der Waals surface area contributed by atoms with Crippen molar-refractivity contribution in [1.82, 2.24) is 0 Å². The van der Waals surface area contributed by atoms with Gasteiger partial charge in [0.15, 0.2) is 0 Å². The number of carbonyl (C=O) groups is 1. The molecule has 0 N–H and O–H groups in total. The van der Waals surface area contributed by atoms with Crippen molar-refractivity contribution >= 4 is 17.6 Å². The highest BCUT2D eigenvalue weighted by atomic mass is 16.5. The summed E-state index contributed by atoms with van der Waals surface area (Å²) in [6.45, 7) is 3.74. The van der Waals surface area contributed by atoms with Crippen LogP contribution in [0.1, 0.15) is 17.5 Å². The molecule has 0 fully saturated rings. The SMILES string of the molecule is C=CC(=O)OCC/C(=C\c1ccccc1)c1ccccc1. The zero-order chi connectivity index (χ0) is 14.9. The average molecular weight is 278 g/mol. The highest BCUT2D eigenvalue weighted by Crippen LogP contribution is 2.21. The van der Waals surface area contributed by atoms with E-state index in [1.165, 1.54) is 6.08 Å². The van der Waals surface area contributed by atoms with Gasteiger partial charge in [-0.25, -0.2) is 4.79 Å². The fraction of sp³-hybridized carbons (Fsp3) is 0.105. The Bertz CT molecular complexity index is 613. The molecule has 2 heteroatoms. The van der Waals surface area contributed by atoms with E-state index >= 15 is 0 Å². The van der Waals surface area contributed by atoms with Gasteiger partial charge in [0.1, 0.15) is 0 Å². The summed E-state index contributed by atoms with van der Waals surface area (Å²) in [5.41, 5.74) is 3.40. The summed E-state index contributed by atoms with van der Waals surface area (Å²) < 4.78 is 5.08. The van der Waals surface area contributed by atoms with Crippen LogP contribution < -0.4 is 0 Å². The van der Waals surface area contributed by atoms with Crippen molar-refractivity contribution in [2.75, 3.05) is 6.61 Å². The van der Waals surface area contributed by atoms with Gasteiger partial charge >= 0.3 is 5.97 Å². The first-order valence-electron chi connectivity index (χ1n) is 6.90. The van der Waals surface area contributed by atoms with E-state index in [-0.39, 0.29) is 5.97 Å². The number of esters is 1. The van der Waals surface area contributed by atoms with Crippen LogP contribution >= 0.6 is 0 Å². The second-order valence-corrected chi connectivity index (χ2v) is 4.57. The summed E-state index contributed by atoms with van der Waals surface area (Å²) >= 11 is 0. The molecule has 0 spiro atoms. The van der Waals surface area contributed by atoms with Crippen LogP contribution in [0.2, 0.25) is 0 Å². The number of hydrogen-bond donors (Lipinski definition) is 0. The molecular formula is C19H18O2. The topological polar surface area (TPSA) is 26.3 Å². The quantitative estimate of drug-likeness (QED) is 0.446. The van der Waals surface area contributed by atoms with Gasteiger partial charge in [-0.2, -0.15) is 0 Å². The molecule has 2 aromatic carbocycles. The van der Waals surface area contributed by atoms with Gasteiger partial charge in [-0.3, -0.25) is 0 Å². The summed E-state index contributed by atoms with van der Waals surface area (Å²) in [6, 6.07) is 20.2. The van der Waals surface area contributed by atoms with Crippen molar-refractivity contribution < 1.29 is 9.53 Å². The normalized spacial score (nSPS) is 11.0. The monoisotopic (exact) mass is 278 g/mol. The maximum atomic E-state index is 11.1. The molecule has 0 radical (unpaired) electrons. The van der Waals surface area contributed by atoms with Crippen LogP contribution in [0.15, 0.2) is 73.3 Å². The van der Waals surface area contributed by atoms with Gasteiger partial charge < -0.3 is 4.74 Å². The van der Waals surface area contributed by atoms with Crippen LogP contribution in [0.5, 0.6) is 0 Å². The first-order chi connectivity index (χ1) is 10.3. The van der Waals surface area contributed by atoms with Crippen molar-refractivity contribution in [3.63, 3.8) is 0 Å². The fourth-order valence-electron chi connectivity index (χ4n) is 2.02. The average Bonchev–Trinajstić information content (AvgIpc) is 2.55. The molecule has 0 unspecified atom stereocenters. The first-order valence-corrected chi connectivity index (χ1v) is 6.90. The molecule has 21 heavy (non-hydrogen) atoms. The van der Waals surface area contributed by atoms with Crippen molar-refractivity contribution in [1.29, 1.82) is 0 Å². The van der Waals surface area contributed by atoms with E-state index < -0.39 is 0 Å². The number of benzene rings is 2. The van der Waals surface area contributed by atoms with Crippen LogP contribution in [0.4, 0.5) is 0 Å². The van der Waals surface area contributed by atoms with E-state index in [0.29, 0.717) is 13.0 Å². The van der Waals surface area contributed by atoms with E-state index in [2.05, 4.69) is 36.9 Å². The van der Waals surface area contributed by atoms with Crippen molar-refractivity contribution in [3.8, 4) is 0 Å². The minimum Gasteiger partial charge on any atom is -0.462 e. The second-order valence-electron chi connectivity index (χ2n) is 4.57. The van der Waals surface area contributed by atoms with Crippen molar-refractivity contribution in [3.05, 3.63) is 84.4 Å². The Morgan fingerprint density at radius 1 is 1.00 bits per heavy atom. The summed E-state index contributed by atoms with van der Waals surface area (Å²) in [6.07, 6.45) is 3.97. The number of carbonyl (C=O) groups excluding carboxylic acids is 1. The molecule has 2 nitrogen and oxygen atoms in total. The maximum absolute atomic E-state index is 11.1. The summed E-state index contributed by atoms with van der Waals surface area (Å²) in [4.78, 5) is 11.1. The van der Waals surface area contributed by atoms with Crippen molar-refractivity contribution in [2.24, 2.45) is 0 Å². The molecule has 0 aliphatic rings. The number of hydrogen-bond acceptors (Lipinski definition) is 2. The van der Waals surface area contributed by atoms with E-state index in [1.807, 2.05) is 36.4 Å². The Hall–Kier alpha value is -2.61. The van der Waals surface area contributed by atoms with Crippen LogP contribution in [-0.4, -0.2) is 12.6 Å². The van der Waals surface area contributed by atoms with E-state index in [9.17, 15) is 4.79 Å². The summed E-state index contributed by atoms with van der Waals surface area (Å²) in [5.74, 6) is -0.387. The maximum Gasteiger partial charge on any atom is 0.330 e. The molecule has 0 aliphatic carbocycles. The third kappa shape index (κ3) is 4.77. The van der Waals surface area contributed by atoms with Gasteiger partial charge in [0.05, 0.1) is 6.61 Å². The molecule has 106 valence electrons. The van der Waals surface area contributed by atoms with Gasteiger partial charge in [0, 0.05) is 12.5 Å². The van der Waals surface area contributed by atoms with Gasteiger partial charge in [-0.05, 0) is 16.7 Å².